The molecule has 0 aromatic heterocycles. The molecule has 0 unspecified atom stereocenters. The van der Waals surface area contributed by atoms with Crippen molar-refractivity contribution >= 4 is 11.8 Å². The van der Waals surface area contributed by atoms with E-state index in [1.54, 1.807) is 0 Å². The normalized spacial score (nSPS) is 40.7. The van der Waals surface area contributed by atoms with Crippen molar-refractivity contribution in [3.8, 4) is 0 Å². The maximum Gasteiger partial charge on any atom is 0.0197 e. The average Bonchev–Trinajstić information content (AvgIpc) is 3.00. The van der Waals surface area contributed by atoms with Crippen LogP contribution in [0.1, 0.15) is 24.8 Å². The summed E-state index contributed by atoms with van der Waals surface area (Å²) in [6.45, 7) is 2.28. The first kappa shape index (κ1) is 10.9. The third kappa shape index (κ3) is 1.53. The molecule has 1 saturated carbocycles. The Hall–Kier alpha value is -0.950. The molecule has 1 heterocycles. The van der Waals surface area contributed by atoms with Crippen LogP contribution >= 0.6 is 11.8 Å². The van der Waals surface area contributed by atoms with Gasteiger partial charge in [-0.15, -0.1) is 11.8 Å². The van der Waals surface area contributed by atoms with Crippen molar-refractivity contribution in [2.24, 2.45) is 17.8 Å². The highest BCUT2D eigenvalue weighted by molar-refractivity contribution is 8.03. The summed E-state index contributed by atoms with van der Waals surface area (Å²) in [6, 6.07) is 11.1. The van der Waals surface area contributed by atoms with Gasteiger partial charge in [0.05, 0.1) is 0 Å². The number of allylic oxidation sites excluding steroid dienone is 4. The third-order valence-corrected chi connectivity index (χ3v) is 6.22. The molecule has 2 bridgehead atoms. The predicted molar refractivity (Wildman–Crippen MR) is 78.5 cm³/mol. The van der Waals surface area contributed by atoms with Crippen molar-refractivity contribution in [3.05, 3.63) is 59.0 Å². The SMILES string of the molecule is CC1=C[C@@H](c2ccccc2)[C@H]2[C@@H](S1)[C@@H]1C=C[C@H]2C1. The Kier molecular flexibility index (Phi) is 2.44. The maximum atomic E-state index is 2.51. The highest BCUT2D eigenvalue weighted by Gasteiger charge is 2.49. The van der Waals surface area contributed by atoms with Crippen LogP contribution in [0.15, 0.2) is 53.5 Å². The summed E-state index contributed by atoms with van der Waals surface area (Å²) in [6.07, 6.45) is 8.86. The van der Waals surface area contributed by atoms with Gasteiger partial charge in [0.1, 0.15) is 0 Å². The van der Waals surface area contributed by atoms with E-state index >= 15 is 0 Å². The molecule has 1 aliphatic heterocycles. The van der Waals surface area contributed by atoms with Gasteiger partial charge in [-0.3, -0.25) is 0 Å². The molecular formula is C17H18S. The molecule has 1 aromatic rings. The summed E-state index contributed by atoms with van der Waals surface area (Å²) in [5, 5.41) is 0.829. The molecular weight excluding hydrogens is 236 g/mol. The van der Waals surface area contributed by atoms with Gasteiger partial charge in [-0.05, 0) is 41.6 Å². The summed E-state index contributed by atoms with van der Waals surface area (Å²) >= 11 is 2.13. The quantitative estimate of drug-likeness (QED) is 0.659. The van der Waals surface area contributed by atoms with Gasteiger partial charge < -0.3 is 0 Å². The Labute approximate surface area is 113 Å². The Morgan fingerprint density at radius 2 is 1.83 bits per heavy atom. The fourth-order valence-corrected chi connectivity index (χ4v) is 5.62. The van der Waals surface area contributed by atoms with E-state index in [2.05, 4.69) is 67.2 Å². The molecule has 2 aliphatic carbocycles. The summed E-state index contributed by atoms with van der Waals surface area (Å²) < 4.78 is 0. The molecule has 1 fully saturated rings. The Bertz CT molecular complexity index is 514. The minimum atomic E-state index is 0.636. The lowest BCUT2D eigenvalue weighted by Crippen LogP contribution is -2.30. The van der Waals surface area contributed by atoms with E-state index in [9.17, 15) is 0 Å². The zero-order valence-corrected chi connectivity index (χ0v) is 11.4. The number of thioether (sulfide) groups is 1. The minimum absolute atomic E-state index is 0.636. The van der Waals surface area contributed by atoms with Crippen LogP contribution in [0, 0.1) is 17.8 Å². The molecule has 0 N–H and O–H groups in total. The van der Waals surface area contributed by atoms with Crippen molar-refractivity contribution in [1.82, 2.24) is 0 Å². The molecule has 3 aliphatic rings. The first-order chi connectivity index (χ1) is 8.83. The second-order valence-electron chi connectivity index (χ2n) is 5.82. The van der Waals surface area contributed by atoms with Crippen molar-refractivity contribution in [1.29, 1.82) is 0 Å². The maximum absolute atomic E-state index is 2.51. The zero-order valence-electron chi connectivity index (χ0n) is 10.6. The summed E-state index contributed by atoms with van der Waals surface area (Å²) in [7, 11) is 0. The van der Waals surface area contributed by atoms with Crippen LogP contribution in [0.3, 0.4) is 0 Å². The molecule has 1 heteroatoms. The Balaban J connectivity index is 1.77. The van der Waals surface area contributed by atoms with Crippen LogP contribution in [-0.4, -0.2) is 5.25 Å². The Morgan fingerprint density at radius 3 is 2.67 bits per heavy atom. The van der Waals surface area contributed by atoms with E-state index in [-0.39, 0.29) is 0 Å². The number of hydrogen-bond donors (Lipinski definition) is 0. The average molecular weight is 254 g/mol. The number of benzene rings is 1. The molecule has 5 atom stereocenters. The van der Waals surface area contributed by atoms with Gasteiger partial charge in [0.25, 0.3) is 0 Å². The monoisotopic (exact) mass is 254 g/mol. The van der Waals surface area contributed by atoms with Crippen LogP contribution in [0.5, 0.6) is 0 Å². The molecule has 0 saturated heterocycles. The molecule has 92 valence electrons. The largest absolute Gasteiger partial charge is 0.127 e. The van der Waals surface area contributed by atoms with E-state index in [1.807, 2.05) is 0 Å². The molecule has 1 aromatic carbocycles. The molecule has 0 amide bonds. The first-order valence-electron chi connectivity index (χ1n) is 6.91. The smallest absolute Gasteiger partial charge is 0.0197 e. The fraction of sp³-hybridized carbons (Fsp3) is 0.412. The van der Waals surface area contributed by atoms with Gasteiger partial charge >= 0.3 is 0 Å². The lowest BCUT2D eigenvalue weighted by atomic mass is 9.77. The van der Waals surface area contributed by atoms with Crippen LogP contribution < -0.4 is 0 Å². The van der Waals surface area contributed by atoms with Crippen molar-refractivity contribution in [3.63, 3.8) is 0 Å². The highest BCUT2D eigenvalue weighted by atomic mass is 32.2. The van der Waals surface area contributed by atoms with Gasteiger partial charge in [-0.2, -0.15) is 0 Å². The fourth-order valence-electron chi connectivity index (χ4n) is 4.06. The topological polar surface area (TPSA) is 0 Å². The van der Waals surface area contributed by atoms with E-state index in [4.69, 9.17) is 0 Å². The Morgan fingerprint density at radius 1 is 1.06 bits per heavy atom. The lowest BCUT2D eigenvalue weighted by molar-refractivity contribution is 0.412. The minimum Gasteiger partial charge on any atom is -0.127 e. The summed E-state index contributed by atoms with van der Waals surface area (Å²) in [5.74, 6) is 3.12. The van der Waals surface area contributed by atoms with E-state index < -0.39 is 0 Å². The summed E-state index contributed by atoms with van der Waals surface area (Å²) in [5.41, 5.74) is 1.51. The standard InChI is InChI=1S/C17H18S/c1-11-9-15(12-5-3-2-4-6-12)16-13-7-8-14(10-13)17(16)18-11/h2-9,13-17H,10H2,1H3/t13-,14+,15-,16-,17-/m0/s1. The zero-order chi connectivity index (χ0) is 12.1. The van der Waals surface area contributed by atoms with Crippen molar-refractivity contribution < 1.29 is 0 Å². The van der Waals surface area contributed by atoms with Gasteiger partial charge in [-0.25, -0.2) is 0 Å². The molecule has 18 heavy (non-hydrogen) atoms. The van der Waals surface area contributed by atoms with Gasteiger partial charge in [-0.1, -0.05) is 48.6 Å². The number of hydrogen-bond acceptors (Lipinski definition) is 1. The molecule has 0 radical (unpaired) electrons. The van der Waals surface area contributed by atoms with E-state index in [1.165, 1.54) is 16.9 Å². The van der Waals surface area contributed by atoms with Gasteiger partial charge in [0.2, 0.25) is 0 Å². The van der Waals surface area contributed by atoms with Crippen LogP contribution in [0.4, 0.5) is 0 Å². The van der Waals surface area contributed by atoms with E-state index in [0.29, 0.717) is 5.92 Å². The number of fused-ring (bicyclic) bond motifs is 5. The second kappa shape index (κ2) is 4.03. The van der Waals surface area contributed by atoms with Crippen molar-refractivity contribution in [2.45, 2.75) is 24.5 Å². The molecule has 4 rings (SSSR count). The highest BCUT2D eigenvalue weighted by Crippen LogP contribution is 2.58. The predicted octanol–water partition coefficient (Wildman–Crippen LogP) is 4.61. The third-order valence-electron chi connectivity index (χ3n) is 4.78. The molecule has 0 nitrogen and oxygen atoms in total. The second-order valence-corrected chi connectivity index (χ2v) is 7.25. The van der Waals surface area contributed by atoms with Crippen LogP contribution in [-0.2, 0) is 0 Å². The first-order valence-corrected chi connectivity index (χ1v) is 7.79. The lowest BCUT2D eigenvalue weighted by Gasteiger charge is -2.37. The van der Waals surface area contributed by atoms with Crippen molar-refractivity contribution in [2.75, 3.05) is 0 Å². The van der Waals surface area contributed by atoms with Crippen LogP contribution in [0.25, 0.3) is 0 Å². The molecule has 0 spiro atoms. The van der Waals surface area contributed by atoms with Crippen LogP contribution in [0.2, 0.25) is 0 Å². The van der Waals surface area contributed by atoms with E-state index in [0.717, 1.165) is 23.0 Å². The van der Waals surface area contributed by atoms with Gasteiger partial charge in [0, 0.05) is 11.2 Å². The number of rotatable bonds is 1. The summed E-state index contributed by atoms with van der Waals surface area (Å²) in [4.78, 5) is 1.52. The van der Waals surface area contributed by atoms with Gasteiger partial charge in [0.15, 0.2) is 0 Å².